The first-order chi connectivity index (χ1) is 15.5. The van der Waals surface area contributed by atoms with Gasteiger partial charge in [-0.15, -0.1) is 0 Å². The standard InChI is InChI=1S/C27H32N2O3S/c1-18-7-14-26(21(4)15-18)22(5)28-27(30)24-11-9-23(10-12-24)17-29(33(6,31)32)25-13-8-19(2)20(3)16-25/h7-16,22H,17H2,1-6H3,(H,28,30)/t22-/m1/s1. The number of carbonyl (C=O) groups excluding carboxylic acids is 1. The van der Waals surface area contributed by atoms with E-state index in [9.17, 15) is 13.2 Å². The molecule has 0 aromatic heterocycles. The SMILES string of the molecule is Cc1ccc([C@@H](C)NC(=O)c2ccc(CN(c3ccc(C)c(C)c3)S(C)(=O)=O)cc2)c(C)c1. The molecular formula is C27H32N2O3S. The van der Waals surface area contributed by atoms with Crippen LogP contribution in [0.15, 0.2) is 60.7 Å². The Labute approximate surface area is 197 Å². The average molecular weight is 465 g/mol. The first kappa shape index (κ1) is 24.5. The lowest BCUT2D eigenvalue weighted by Gasteiger charge is -2.23. The third kappa shape index (κ3) is 6.02. The van der Waals surface area contributed by atoms with Gasteiger partial charge in [0.05, 0.1) is 24.5 Å². The summed E-state index contributed by atoms with van der Waals surface area (Å²) >= 11 is 0. The van der Waals surface area contributed by atoms with Crippen molar-refractivity contribution in [3.05, 3.63) is 99.6 Å². The van der Waals surface area contributed by atoms with Crippen molar-refractivity contribution in [3.63, 3.8) is 0 Å². The van der Waals surface area contributed by atoms with Gasteiger partial charge in [0.2, 0.25) is 10.0 Å². The van der Waals surface area contributed by atoms with Crippen molar-refractivity contribution in [1.82, 2.24) is 5.32 Å². The number of hydrogen-bond acceptors (Lipinski definition) is 3. The van der Waals surface area contributed by atoms with Gasteiger partial charge in [-0.2, -0.15) is 0 Å². The number of carbonyl (C=O) groups is 1. The molecule has 3 aromatic carbocycles. The van der Waals surface area contributed by atoms with Crippen molar-refractivity contribution in [2.45, 2.75) is 47.2 Å². The maximum absolute atomic E-state index is 12.8. The molecule has 0 radical (unpaired) electrons. The van der Waals surface area contributed by atoms with Crippen LogP contribution in [0, 0.1) is 27.7 Å². The molecule has 1 N–H and O–H groups in total. The number of aryl methyl sites for hydroxylation is 4. The molecule has 0 aliphatic carbocycles. The molecule has 0 spiro atoms. The van der Waals surface area contributed by atoms with Gasteiger partial charge in [0.1, 0.15) is 0 Å². The summed E-state index contributed by atoms with van der Waals surface area (Å²) in [5, 5.41) is 3.05. The first-order valence-corrected chi connectivity index (χ1v) is 12.8. The van der Waals surface area contributed by atoms with Crippen LogP contribution in [0.4, 0.5) is 5.69 Å². The van der Waals surface area contributed by atoms with Gasteiger partial charge in [-0.1, -0.05) is 42.0 Å². The highest BCUT2D eigenvalue weighted by molar-refractivity contribution is 7.92. The van der Waals surface area contributed by atoms with Gasteiger partial charge in [-0.05, 0) is 86.7 Å². The first-order valence-electron chi connectivity index (χ1n) is 11.0. The Bertz CT molecular complexity index is 1270. The van der Waals surface area contributed by atoms with Gasteiger partial charge < -0.3 is 5.32 Å². The highest BCUT2D eigenvalue weighted by Crippen LogP contribution is 2.24. The molecule has 0 unspecified atom stereocenters. The smallest absolute Gasteiger partial charge is 0.251 e. The van der Waals surface area contributed by atoms with E-state index in [4.69, 9.17) is 0 Å². The van der Waals surface area contributed by atoms with E-state index in [0.29, 0.717) is 11.3 Å². The number of nitrogens with zero attached hydrogens (tertiary/aromatic N) is 1. The molecule has 0 saturated carbocycles. The number of sulfonamides is 1. The zero-order valence-electron chi connectivity index (χ0n) is 20.1. The highest BCUT2D eigenvalue weighted by Gasteiger charge is 2.19. The molecule has 3 rings (SSSR count). The molecule has 0 fully saturated rings. The second-order valence-electron chi connectivity index (χ2n) is 8.79. The van der Waals surface area contributed by atoms with Gasteiger partial charge in [0.15, 0.2) is 0 Å². The van der Waals surface area contributed by atoms with Crippen molar-refractivity contribution in [2.75, 3.05) is 10.6 Å². The van der Waals surface area contributed by atoms with E-state index in [1.165, 1.54) is 16.1 Å². The van der Waals surface area contributed by atoms with Crippen molar-refractivity contribution in [1.29, 1.82) is 0 Å². The Morgan fingerprint density at radius 1 is 0.879 bits per heavy atom. The van der Waals surface area contributed by atoms with Crippen LogP contribution in [0.25, 0.3) is 0 Å². The molecule has 3 aromatic rings. The Morgan fingerprint density at radius 3 is 2.12 bits per heavy atom. The third-order valence-corrected chi connectivity index (χ3v) is 7.10. The zero-order chi connectivity index (χ0) is 24.3. The third-order valence-electron chi connectivity index (χ3n) is 5.96. The van der Waals surface area contributed by atoms with E-state index in [0.717, 1.165) is 27.8 Å². The molecule has 1 amide bonds. The van der Waals surface area contributed by atoms with E-state index in [1.54, 1.807) is 24.3 Å². The van der Waals surface area contributed by atoms with Crippen LogP contribution in [-0.4, -0.2) is 20.6 Å². The Hall–Kier alpha value is -3.12. The summed E-state index contributed by atoms with van der Waals surface area (Å²) in [6.45, 7) is 10.2. The minimum absolute atomic E-state index is 0.122. The lowest BCUT2D eigenvalue weighted by atomic mass is 10.00. The molecule has 0 aliphatic heterocycles. The molecule has 174 valence electrons. The fraction of sp³-hybridized carbons (Fsp3) is 0.296. The van der Waals surface area contributed by atoms with Crippen LogP contribution in [0.3, 0.4) is 0 Å². The molecule has 6 heteroatoms. The number of rotatable bonds is 7. The van der Waals surface area contributed by atoms with Gasteiger partial charge in [0.25, 0.3) is 5.91 Å². The predicted octanol–water partition coefficient (Wildman–Crippen LogP) is 5.38. The highest BCUT2D eigenvalue weighted by atomic mass is 32.2. The van der Waals surface area contributed by atoms with Gasteiger partial charge >= 0.3 is 0 Å². The van der Waals surface area contributed by atoms with Crippen molar-refractivity contribution in [2.24, 2.45) is 0 Å². The molecule has 1 atom stereocenters. The average Bonchev–Trinajstić information content (AvgIpc) is 2.73. The van der Waals surface area contributed by atoms with Crippen LogP contribution in [0.5, 0.6) is 0 Å². The Morgan fingerprint density at radius 2 is 1.55 bits per heavy atom. The van der Waals surface area contributed by atoms with E-state index in [1.807, 2.05) is 65.0 Å². The monoisotopic (exact) mass is 464 g/mol. The predicted molar refractivity (Wildman–Crippen MR) is 135 cm³/mol. The van der Waals surface area contributed by atoms with Crippen molar-refractivity contribution in [3.8, 4) is 0 Å². The van der Waals surface area contributed by atoms with Crippen LogP contribution < -0.4 is 9.62 Å². The van der Waals surface area contributed by atoms with Crippen LogP contribution in [0.2, 0.25) is 0 Å². The lowest BCUT2D eigenvalue weighted by molar-refractivity contribution is 0.0940. The largest absolute Gasteiger partial charge is 0.346 e. The summed E-state index contributed by atoms with van der Waals surface area (Å²) < 4.78 is 26.3. The number of anilines is 1. The van der Waals surface area contributed by atoms with E-state index in [-0.39, 0.29) is 18.5 Å². The van der Waals surface area contributed by atoms with Crippen LogP contribution in [-0.2, 0) is 16.6 Å². The minimum atomic E-state index is -3.47. The minimum Gasteiger partial charge on any atom is -0.346 e. The normalized spacial score (nSPS) is 12.3. The maximum Gasteiger partial charge on any atom is 0.251 e. The number of amides is 1. The second kappa shape index (κ2) is 9.79. The molecule has 33 heavy (non-hydrogen) atoms. The summed E-state index contributed by atoms with van der Waals surface area (Å²) in [6, 6.07) is 18.8. The second-order valence-corrected chi connectivity index (χ2v) is 10.7. The lowest BCUT2D eigenvalue weighted by Crippen LogP contribution is -2.29. The molecule has 5 nitrogen and oxygen atoms in total. The number of hydrogen-bond donors (Lipinski definition) is 1. The molecular weight excluding hydrogens is 432 g/mol. The Kier molecular flexibility index (Phi) is 7.28. The molecule has 0 aliphatic rings. The summed E-state index contributed by atoms with van der Waals surface area (Å²) in [6.07, 6.45) is 1.21. The summed E-state index contributed by atoms with van der Waals surface area (Å²) in [7, 11) is -3.47. The number of nitrogens with one attached hydrogen (secondary N) is 1. The van der Waals surface area contributed by atoms with E-state index < -0.39 is 10.0 Å². The van der Waals surface area contributed by atoms with Gasteiger partial charge in [-0.25, -0.2) is 8.42 Å². The fourth-order valence-electron chi connectivity index (χ4n) is 3.88. The Balaban J connectivity index is 1.75. The summed E-state index contributed by atoms with van der Waals surface area (Å²) in [5.41, 5.74) is 7.53. The van der Waals surface area contributed by atoms with Gasteiger partial charge in [0, 0.05) is 5.56 Å². The topological polar surface area (TPSA) is 66.5 Å². The van der Waals surface area contributed by atoms with E-state index >= 15 is 0 Å². The molecule has 0 heterocycles. The van der Waals surface area contributed by atoms with Gasteiger partial charge in [-0.3, -0.25) is 9.10 Å². The summed E-state index contributed by atoms with van der Waals surface area (Å²) in [5.74, 6) is -0.164. The summed E-state index contributed by atoms with van der Waals surface area (Å²) in [4.78, 5) is 12.8. The molecule has 0 saturated heterocycles. The van der Waals surface area contributed by atoms with Crippen LogP contribution >= 0.6 is 0 Å². The fourth-order valence-corrected chi connectivity index (χ4v) is 4.76. The molecule has 0 bridgehead atoms. The number of benzene rings is 3. The quantitative estimate of drug-likeness (QED) is 0.511. The maximum atomic E-state index is 12.8. The van der Waals surface area contributed by atoms with E-state index in [2.05, 4.69) is 11.4 Å². The van der Waals surface area contributed by atoms with Crippen molar-refractivity contribution >= 4 is 21.6 Å². The van der Waals surface area contributed by atoms with Crippen LogP contribution in [0.1, 0.15) is 56.7 Å². The zero-order valence-corrected chi connectivity index (χ0v) is 21.0. The van der Waals surface area contributed by atoms with Crippen molar-refractivity contribution < 1.29 is 13.2 Å².